The molecule has 1 N–H and O–H groups in total. The van der Waals surface area contributed by atoms with Crippen LogP contribution in [0.25, 0.3) is 5.69 Å². The number of nitrogens with zero attached hydrogens (tertiary/aromatic N) is 3. The van der Waals surface area contributed by atoms with Crippen LogP contribution in [0.1, 0.15) is 34.6 Å². The number of anilines is 2. The lowest BCUT2D eigenvalue weighted by Gasteiger charge is -2.17. The molecule has 31 heavy (non-hydrogen) atoms. The molecular formula is C22H19F3N4O2. The van der Waals surface area contributed by atoms with Crippen molar-refractivity contribution >= 4 is 23.2 Å². The van der Waals surface area contributed by atoms with Gasteiger partial charge in [0.25, 0.3) is 5.91 Å². The van der Waals surface area contributed by atoms with Gasteiger partial charge in [-0.3, -0.25) is 9.59 Å². The normalized spacial score (nSPS) is 13.7. The molecule has 1 saturated heterocycles. The molecule has 2 heterocycles. The number of rotatable bonds is 4. The number of nitrogens with one attached hydrogen (secondary N) is 1. The van der Waals surface area contributed by atoms with E-state index in [0.717, 1.165) is 18.2 Å². The summed E-state index contributed by atoms with van der Waals surface area (Å²) >= 11 is 0. The van der Waals surface area contributed by atoms with Crippen molar-refractivity contribution in [3.05, 3.63) is 70.8 Å². The Morgan fingerprint density at radius 1 is 1.03 bits per heavy atom. The number of carbonyl (C=O) groups excluding carboxylic acids is 2. The molecule has 0 unspecified atom stereocenters. The standard InChI is InChI=1S/C22H19F3N4O2/c1-12-21(13(2)29(27-12)19-7-5-14(23)10-16(19)24)22(31)26-15-6-8-18(17(25)11-15)28-9-3-4-20(28)30/h5-8,10-11H,3-4,9H2,1-2H3,(H,26,31). The largest absolute Gasteiger partial charge is 0.322 e. The SMILES string of the molecule is Cc1nn(-c2ccc(F)cc2F)c(C)c1C(=O)Nc1ccc(N2CCCC2=O)c(F)c1. The van der Waals surface area contributed by atoms with Gasteiger partial charge in [-0.05, 0) is 50.6 Å². The average Bonchev–Trinajstić information content (AvgIpc) is 3.24. The number of carbonyl (C=O) groups is 2. The van der Waals surface area contributed by atoms with E-state index in [-0.39, 0.29) is 28.5 Å². The van der Waals surface area contributed by atoms with Gasteiger partial charge in [0, 0.05) is 24.7 Å². The number of aromatic nitrogens is 2. The van der Waals surface area contributed by atoms with Crippen LogP contribution in [0.5, 0.6) is 0 Å². The lowest BCUT2D eigenvalue weighted by molar-refractivity contribution is -0.117. The summed E-state index contributed by atoms with van der Waals surface area (Å²) in [7, 11) is 0. The summed E-state index contributed by atoms with van der Waals surface area (Å²) in [6, 6.07) is 7.18. The third-order valence-electron chi connectivity index (χ3n) is 5.23. The van der Waals surface area contributed by atoms with Crippen molar-refractivity contribution in [2.24, 2.45) is 0 Å². The molecule has 1 aromatic heterocycles. The molecule has 0 aliphatic carbocycles. The predicted octanol–water partition coefficient (Wildman–Crippen LogP) is 4.29. The Balaban J connectivity index is 1.60. The maximum atomic E-state index is 14.6. The highest BCUT2D eigenvalue weighted by Crippen LogP contribution is 2.28. The van der Waals surface area contributed by atoms with Crippen LogP contribution < -0.4 is 10.2 Å². The molecular weight excluding hydrogens is 409 g/mol. The first kappa shape index (κ1) is 20.6. The number of hydrogen-bond donors (Lipinski definition) is 1. The molecule has 2 aromatic carbocycles. The Kier molecular flexibility index (Phi) is 5.26. The minimum atomic E-state index is -0.813. The summed E-state index contributed by atoms with van der Waals surface area (Å²) in [6.45, 7) is 3.63. The highest BCUT2D eigenvalue weighted by atomic mass is 19.1. The van der Waals surface area contributed by atoms with E-state index in [1.807, 2.05) is 0 Å². The summed E-state index contributed by atoms with van der Waals surface area (Å²) in [5.74, 6) is -2.84. The van der Waals surface area contributed by atoms with Crippen molar-refractivity contribution in [3.8, 4) is 5.69 Å². The van der Waals surface area contributed by atoms with Gasteiger partial charge in [0.2, 0.25) is 5.91 Å². The second-order valence-electron chi connectivity index (χ2n) is 7.32. The van der Waals surface area contributed by atoms with Gasteiger partial charge in [-0.1, -0.05) is 0 Å². The zero-order chi connectivity index (χ0) is 22.3. The van der Waals surface area contributed by atoms with E-state index in [4.69, 9.17) is 0 Å². The zero-order valence-electron chi connectivity index (χ0n) is 16.9. The van der Waals surface area contributed by atoms with Gasteiger partial charge in [0.15, 0.2) is 5.82 Å². The first-order valence-corrected chi connectivity index (χ1v) is 9.69. The molecule has 0 bridgehead atoms. The lowest BCUT2D eigenvalue weighted by Crippen LogP contribution is -2.24. The number of benzene rings is 2. The van der Waals surface area contributed by atoms with E-state index in [9.17, 15) is 22.8 Å². The van der Waals surface area contributed by atoms with Crippen LogP contribution in [-0.2, 0) is 4.79 Å². The van der Waals surface area contributed by atoms with Crippen LogP contribution in [0.3, 0.4) is 0 Å². The van der Waals surface area contributed by atoms with Gasteiger partial charge >= 0.3 is 0 Å². The average molecular weight is 428 g/mol. The highest BCUT2D eigenvalue weighted by Gasteiger charge is 2.25. The summed E-state index contributed by atoms with van der Waals surface area (Å²) in [6.07, 6.45) is 1.06. The Morgan fingerprint density at radius 3 is 2.39 bits per heavy atom. The minimum Gasteiger partial charge on any atom is -0.322 e. The fourth-order valence-electron chi connectivity index (χ4n) is 3.76. The van der Waals surface area contributed by atoms with Crippen molar-refractivity contribution in [2.45, 2.75) is 26.7 Å². The molecule has 2 amide bonds. The molecule has 1 aliphatic rings. The van der Waals surface area contributed by atoms with Crippen molar-refractivity contribution in [1.82, 2.24) is 9.78 Å². The predicted molar refractivity (Wildman–Crippen MR) is 109 cm³/mol. The molecule has 6 nitrogen and oxygen atoms in total. The Hall–Kier alpha value is -3.62. The number of hydrogen-bond acceptors (Lipinski definition) is 3. The van der Waals surface area contributed by atoms with Crippen LogP contribution in [-0.4, -0.2) is 28.1 Å². The van der Waals surface area contributed by atoms with Gasteiger partial charge in [-0.25, -0.2) is 17.9 Å². The van der Waals surface area contributed by atoms with Gasteiger partial charge in [0.1, 0.15) is 17.3 Å². The first-order chi connectivity index (χ1) is 14.8. The zero-order valence-corrected chi connectivity index (χ0v) is 16.9. The summed E-state index contributed by atoms with van der Waals surface area (Å²) in [4.78, 5) is 26.1. The van der Waals surface area contributed by atoms with Crippen LogP contribution >= 0.6 is 0 Å². The molecule has 0 atom stereocenters. The van der Waals surface area contributed by atoms with Crippen molar-refractivity contribution in [1.29, 1.82) is 0 Å². The molecule has 0 saturated carbocycles. The first-order valence-electron chi connectivity index (χ1n) is 9.69. The minimum absolute atomic E-state index is 0.00623. The molecule has 1 fully saturated rings. The Labute approximate surface area is 176 Å². The van der Waals surface area contributed by atoms with Gasteiger partial charge in [-0.2, -0.15) is 5.10 Å². The molecule has 160 valence electrons. The molecule has 0 radical (unpaired) electrons. The molecule has 3 aromatic rings. The Morgan fingerprint density at radius 2 is 1.74 bits per heavy atom. The topological polar surface area (TPSA) is 67.2 Å². The molecule has 4 rings (SSSR count). The van der Waals surface area contributed by atoms with Crippen LogP contribution in [0.2, 0.25) is 0 Å². The summed E-state index contributed by atoms with van der Waals surface area (Å²) < 4.78 is 43.2. The van der Waals surface area contributed by atoms with Crippen LogP contribution in [0.15, 0.2) is 36.4 Å². The second-order valence-corrected chi connectivity index (χ2v) is 7.32. The third kappa shape index (κ3) is 3.78. The maximum Gasteiger partial charge on any atom is 0.259 e. The smallest absolute Gasteiger partial charge is 0.259 e. The number of halogens is 3. The van der Waals surface area contributed by atoms with Crippen molar-refractivity contribution in [2.75, 3.05) is 16.8 Å². The van der Waals surface area contributed by atoms with E-state index < -0.39 is 23.4 Å². The Bertz CT molecular complexity index is 1210. The van der Waals surface area contributed by atoms with E-state index >= 15 is 0 Å². The fraction of sp³-hybridized carbons (Fsp3) is 0.227. The quantitative estimate of drug-likeness (QED) is 0.674. The summed E-state index contributed by atoms with van der Waals surface area (Å²) in [5, 5.41) is 6.81. The third-order valence-corrected chi connectivity index (χ3v) is 5.23. The molecule has 9 heteroatoms. The molecule has 1 aliphatic heterocycles. The van der Waals surface area contributed by atoms with E-state index in [1.165, 1.54) is 27.8 Å². The van der Waals surface area contributed by atoms with Crippen molar-refractivity contribution in [3.63, 3.8) is 0 Å². The maximum absolute atomic E-state index is 14.6. The van der Waals surface area contributed by atoms with Gasteiger partial charge in [0.05, 0.1) is 22.6 Å². The number of aryl methyl sites for hydroxylation is 1. The fourth-order valence-corrected chi connectivity index (χ4v) is 3.76. The van der Waals surface area contributed by atoms with Crippen molar-refractivity contribution < 1.29 is 22.8 Å². The van der Waals surface area contributed by atoms with Gasteiger partial charge < -0.3 is 10.2 Å². The van der Waals surface area contributed by atoms with E-state index in [2.05, 4.69) is 10.4 Å². The van der Waals surface area contributed by atoms with Crippen LogP contribution in [0, 0.1) is 31.3 Å². The van der Waals surface area contributed by atoms with Crippen LogP contribution in [0.4, 0.5) is 24.5 Å². The lowest BCUT2D eigenvalue weighted by atomic mass is 10.1. The van der Waals surface area contributed by atoms with Gasteiger partial charge in [-0.15, -0.1) is 0 Å². The number of amides is 2. The molecule has 0 spiro atoms. The summed E-state index contributed by atoms with van der Waals surface area (Å²) in [5.41, 5.74) is 1.26. The monoisotopic (exact) mass is 428 g/mol. The van der Waals surface area contributed by atoms with E-state index in [1.54, 1.807) is 13.8 Å². The highest BCUT2D eigenvalue weighted by molar-refractivity contribution is 6.06. The second kappa shape index (κ2) is 7.90. The van der Waals surface area contributed by atoms with E-state index in [0.29, 0.717) is 30.8 Å².